The van der Waals surface area contributed by atoms with E-state index in [-0.39, 0.29) is 36.0 Å². The number of rotatable bonds is 8. The summed E-state index contributed by atoms with van der Waals surface area (Å²) in [5.74, 6) is 4.15. The highest BCUT2D eigenvalue weighted by atomic mass is 127. The second kappa shape index (κ2) is 11.4. The molecule has 0 saturated heterocycles. The topological polar surface area (TPSA) is 93.8 Å². The van der Waals surface area contributed by atoms with Crippen molar-refractivity contribution in [2.45, 2.75) is 59.1 Å². The molecule has 2 aromatic rings. The lowest BCUT2D eigenvalue weighted by Crippen LogP contribution is -2.38. The van der Waals surface area contributed by atoms with Crippen LogP contribution in [0.25, 0.3) is 0 Å². The smallest absolute Gasteiger partial charge is 0.228 e. The van der Waals surface area contributed by atoms with Gasteiger partial charge in [-0.1, -0.05) is 19.0 Å². The van der Waals surface area contributed by atoms with Crippen LogP contribution in [0.5, 0.6) is 11.5 Å². The molecular formula is C21H32IN5O3. The fourth-order valence-electron chi connectivity index (χ4n) is 3.20. The second-order valence-electron chi connectivity index (χ2n) is 7.44. The highest BCUT2D eigenvalue weighted by Gasteiger charge is 2.22. The van der Waals surface area contributed by atoms with Crippen LogP contribution < -0.4 is 20.1 Å². The van der Waals surface area contributed by atoms with Gasteiger partial charge in [0.1, 0.15) is 17.6 Å². The van der Waals surface area contributed by atoms with Gasteiger partial charge in [-0.05, 0) is 26.0 Å². The van der Waals surface area contributed by atoms with Gasteiger partial charge in [-0.25, -0.2) is 0 Å². The number of aromatic nitrogens is 2. The van der Waals surface area contributed by atoms with Crippen molar-refractivity contribution >= 4 is 29.9 Å². The first kappa shape index (κ1) is 24.2. The zero-order chi connectivity index (χ0) is 20.8. The van der Waals surface area contributed by atoms with Gasteiger partial charge < -0.3 is 24.6 Å². The molecule has 0 amide bonds. The fraction of sp³-hybridized carbons (Fsp3) is 0.571. The van der Waals surface area contributed by atoms with Gasteiger partial charge in [0.25, 0.3) is 0 Å². The van der Waals surface area contributed by atoms with Crippen LogP contribution in [-0.2, 0) is 19.4 Å². The minimum absolute atomic E-state index is 0. The second-order valence-corrected chi connectivity index (χ2v) is 7.44. The lowest BCUT2D eigenvalue weighted by atomic mass is 10.1. The van der Waals surface area contributed by atoms with Gasteiger partial charge in [0.05, 0.1) is 6.61 Å². The number of hydrogen-bond donors (Lipinski definition) is 2. The number of nitrogens with one attached hydrogen (secondary N) is 2. The van der Waals surface area contributed by atoms with Crippen molar-refractivity contribution in [3.8, 4) is 11.5 Å². The van der Waals surface area contributed by atoms with Crippen LogP contribution in [0.1, 0.15) is 56.5 Å². The number of fused-ring (bicyclic) bond motifs is 1. The maximum absolute atomic E-state index is 5.89. The molecule has 1 unspecified atom stereocenters. The molecule has 166 valence electrons. The van der Waals surface area contributed by atoms with E-state index in [0.717, 1.165) is 29.3 Å². The van der Waals surface area contributed by atoms with Crippen molar-refractivity contribution < 1.29 is 14.0 Å². The molecule has 2 N–H and O–H groups in total. The molecule has 2 heterocycles. The first-order chi connectivity index (χ1) is 14.0. The highest BCUT2D eigenvalue weighted by molar-refractivity contribution is 14.0. The Morgan fingerprint density at radius 2 is 2.13 bits per heavy atom. The number of benzene rings is 1. The minimum atomic E-state index is 0. The zero-order valence-corrected chi connectivity index (χ0v) is 20.6. The number of aliphatic imine (C=N–C) groups is 1. The average molecular weight is 529 g/mol. The molecule has 0 fully saturated rings. The van der Waals surface area contributed by atoms with E-state index in [1.165, 1.54) is 5.56 Å². The molecule has 0 radical (unpaired) electrons. The third kappa shape index (κ3) is 6.23. The number of nitrogens with zero attached hydrogens (tertiary/aromatic N) is 3. The van der Waals surface area contributed by atoms with Crippen molar-refractivity contribution in [1.29, 1.82) is 0 Å². The summed E-state index contributed by atoms with van der Waals surface area (Å²) in [5, 5.41) is 10.6. The van der Waals surface area contributed by atoms with E-state index in [1.807, 2.05) is 20.8 Å². The first-order valence-corrected chi connectivity index (χ1v) is 10.2. The van der Waals surface area contributed by atoms with E-state index in [9.17, 15) is 0 Å². The largest absolute Gasteiger partial charge is 0.494 e. The Balaban J connectivity index is 0.00000320. The summed E-state index contributed by atoms with van der Waals surface area (Å²) in [5.41, 5.74) is 2.24. The third-order valence-electron chi connectivity index (χ3n) is 4.68. The van der Waals surface area contributed by atoms with E-state index in [1.54, 1.807) is 7.05 Å². The molecule has 0 bridgehead atoms. The van der Waals surface area contributed by atoms with Gasteiger partial charge in [0, 0.05) is 50.0 Å². The SMILES string of the molecule is CCOc1cc2c(cc1CNC(=NC)NCCc1nc(C(C)C)no1)OC(C)C2.I. The molecule has 0 aliphatic carbocycles. The Morgan fingerprint density at radius 3 is 2.80 bits per heavy atom. The molecule has 9 heteroatoms. The summed E-state index contributed by atoms with van der Waals surface area (Å²) in [7, 11) is 1.75. The molecule has 0 spiro atoms. The Kier molecular flexibility index (Phi) is 9.19. The van der Waals surface area contributed by atoms with Gasteiger partial charge in [0.2, 0.25) is 5.89 Å². The van der Waals surface area contributed by atoms with E-state index in [0.29, 0.717) is 38.0 Å². The van der Waals surface area contributed by atoms with Crippen molar-refractivity contribution in [1.82, 2.24) is 20.8 Å². The van der Waals surface area contributed by atoms with Crippen LogP contribution in [0.3, 0.4) is 0 Å². The Morgan fingerprint density at radius 1 is 1.33 bits per heavy atom. The Labute approximate surface area is 195 Å². The molecule has 1 aromatic heterocycles. The molecular weight excluding hydrogens is 497 g/mol. The van der Waals surface area contributed by atoms with E-state index >= 15 is 0 Å². The molecule has 8 nitrogen and oxygen atoms in total. The normalized spacial score (nSPS) is 15.4. The van der Waals surface area contributed by atoms with Gasteiger partial charge >= 0.3 is 0 Å². The van der Waals surface area contributed by atoms with Crippen LogP contribution in [0.4, 0.5) is 0 Å². The van der Waals surface area contributed by atoms with Crippen molar-refractivity contribution in [2.24, 2.45) is 4.99 Å². The van der Waals surface area contributed by atoms with Crippen LogP contribution in [-0.4, -0.2) is 42.4 Å². The molecule has 1 aliphatic rings. The molecule has 1 atom stereocenters. The lowest BCUT2D eigenvalue weighted by Gasteiger charge is -2.15. The predicted molar refractivity (Wildman–Crippen MR) is 127 cm³/mol. The molecule has 30 heavy (non-hydrogen) atoms. The van der Waals surface area contributed by atoms with E-state index < -0.39 is 0 Å². The molecule has 1 aromatic carbocycles. The summed E-state index contributed by atoms with van der Waals surface area (Å²) in [6.45, 7) is 10.0. The lowest BCUT2D eigenvalue weighted by molar-refractivity contribution is 0.254. The molecule has 3 rings (SSSR count). The van der Waals surface area contributed by atoms with Crippen LogP contribution in [0.2, 0.25) is 0 Å². The molecule has 0 saturated carbocycles. The maximum atomic E-state index is 5.89. The summed E-state index contributed by atoms with van der Waals surface area (Å²) >= 11 is 0. The quantitative estimate of drug-likeness (QED) is 0.308. The van der Waals surface area contributed by atoms with Crippen LogP contribution in [0.15, 0.2) is 21.6 Å². The van der Waals surface area contributed by atoms with E-state index in [4.69, 9.17) is 14.0 Å². The van der Waals surface area contributed by atoms with Crippen molar-refractivity contribution in [2.75, 3.05) is 20.2 Å². The molecule has 1 aliphatic heterocycles. The highest BCUT2D eigenvalue weighted by Crippen LogP contribution is 2.35. The first-order valence-electron chi connectivity index (χ1n) is 10.2. The van der Waals surface area contributed by atoms with Gasteiger partial charge in [0.15, 0.2) is 11.8 Å². The summed E-state index contributed by atoms with van der Waals surface area (Å²) < 4.78 is 17.0. The van der Waals surface area contributed by atoms with Gasteiger partial charge in [-0.15, -0.1) is 24.0 Å². The van der Waals surface area contributed by atoms with Gasteiger partial charge in [-0.3, -0.25) is 4.99 Å². The Bertz CT molecular complexity index is 853. The van der Waals surface area contributed by atoms with E-state index in [2.05, 4.69) is 44.8 Å². The number of halogens is 1. The summed E-state index contributed by atoms with van der Waals surface area (Å²) in [4.78, 5) is 8.67. The number of hydrogen-bond acceptors (Lipinski definition) is 6. The van der Waals surface area contributed by atoms with Crippen LogP contribution in [0, 0.1) is 0 Å². The van der Waals surface area contributed by atoms with Crippen molar-refractivity contribution in [3.63, 3.8) is 0 Å². The standard InChI is InChI=1S/C21H31N5O3.HI/c1-6-27-17-10-15-9-14(4)28-18(15)11-16(17)12-24-21(22-5)23-8-7-19-25-20(13(2)3)26-29-19;/h10-11,13-14H,6-9,12H2,1-5H3,(H2,22,23,24);1H. The average Bonchev–Trinajstić information content (AvgIpc) is 3.30. The summed E-state index contributed by atoms with van der Waals surface area (Å²) in [6, 6.07) is 4.16. The number of ether oxygens (including phenoxy) is 2. The summed E-state index contributed by atoms with van der Waals surface area (Å²) in [6.07, 6.45) is 1.76. The predicted octanol–water partition coefficient (Wildman–Crippen LogP) is 3.44. The monoisotopic (exact) mass is 529 g/mol. The fourth-order valence-corrected chi connectivity index (χ4v) is 3.20. The third-order valence-corrected chi connectivity index (χ3v) is 4.68. The Hall–Kier alpha value is -2.04. The van der Waals surface area contributed by atoms with Crippen molar-refractivity contribution in [3.05, 3.63) is 35.0 Å². The minimum Gasteiger partial charge on any atom is -0.494 e. The maximum Gasteiger partial charge on any atom is 0.228 e. The van der Waals surface area contributed by atoms with Gasteiger partial charge in [-0.2, -0.15) is 4.98 Å². The zero-order valence-electron chi connectivity index (χ0n) is 18.3. The number of guanidine groups is 1. The van der Waals surface area contributed by atoms with Crippen LogP contribution >= 0.6 is 24.0 Å².